The Balaban J connectivity index is 2.31. The summed E-state index contributed by atoms with van der Waals surface area (Å²) in [5.41, 5.74) is 0.214. The summed E-state index contributed by atoms with van der Waals surface area (Å²) < 4.78 is 7.82. The number of nitrogens with zero attached hydrogens (tertiary/aromatic N) is 2. The number of rotatable bonds is 6. The van der Waals surface area contributed by atoms with Crippen LogP contribution in [0.2, 0.25) is 5.02 Å². The summed E-state index contributed by atoms with van der Waals surface area (Å²) in [6.45, 7) is 5.44. The van der Waals surface area contributed by atoms with Crippen molar-refractivity contribution in [2.45, 2.75) is 70.6 Å². The van der Waals surface area contributed by atoms with Gasteiger partial charge >= 0.3 is 0 Å². The first kappa shape index (κ1) is 15.8. The first-order chi connectivity index (χ1) is 9.64. The van der Waals surface area contributed by atoms with E-state index in [9.17, 15) is 5.11 Å². The van der Waals surface area contributed by atoms with Gasteiger partial charge in [-0.1, -0.05) is 37.8 Å². The lowest BCUT2D eigenvalue weighted by atomic mass is 9.79. The number of hydrogen-bond acceptors (Lipinski definition) is 3. The van der Waals surface area contributed by atoms with E-state index in [1.165, 1.54) is 6.42 Å². The highest BCUT2D eigenvalue weighted by Crippen LogP contribution is 2.43. The fraction of sp³-hybridized carbons (Fsp3) is 0.800. The van der Waals surface area contributed by atoms with Crippen molar-refractivity contribution in [2.75, 3.05) is 6.61 Å². The monoisotopic (exact) mass is 300 g/mol. The lowest BCUT2D eigenvalue weighted by Gasteiger charge is -2.41. The van der Waals surface area contributed by atoms with Gasteiger partial charge in [0.25, 0.3) is 0 Å². The molecule has 1 aliphatic rings. The van der Waals surface area contributed by atoms with E-state index in [0.717, 1.165) is 38.6 Å². The van der Waals surface area contributed by atoms with Crippen molar-refractivity contribution in [1.29, 1.82) is 0 Å². The van der Waals surface area contributed by atoms with Gasteiger partial charge in [-0.2, -0.15) is 5.10 Å². The van der Waals surface area contributed by atoms with Crippen LogP contribution in [0.4, 0.5) is 0 Å². The molecule has 0 amide bonds. The first-order valence-corrected chi connectivity index (χ1v) is 8.05. The number of aliphatic hydroxyl groups is 1. The quantitative estimate of drug-likeness (QED) is 0.871. The predicted octanol–water partition coefficient (Wildman–Crippen LogP) is 3.72. The first-order valence-electron chi connectivity index (χ1n) is 7.68. The number of halogens is 1. The lowest BCUT2D eigenvalue weighted by Crippen LogP contribution is -2.42. The van der Waals surface area contributed by atoms with Crippen LogP contribution in [-0.2, 0) is 11.3 Å². The molecule has 20 heavy (non-hydrogen) atoms. The van der Waals surface area contributed by atoms with E-state index in [-0.39, 0.29) is 0 Å². The van der Waals surface area contributed by atoms with E-state index in [0.29, 0.717) is 17.3 Å². The van der Waals surface area contributed by atoms with Crippen LogP contribution in [0.15, 0.2) is 6.20 Å². The van der Waals surface area contributed by atoms with Crippen LogP contribution in [0.3, 0.4) is 0 Å². The van der Waals surface area contributed by atoms with Crippen LogP contribution in [-0.4, -0.2) is 27.1 Å². The molecule has 4 nitrogen and oxygen atoms in total. The highest BCUT2D eigenvalue weighted by atomic mass is 35.5. The van der Waals surface area contributed by atoms with Crippen LogP contribution in [0.5, 0.6) is 0 Å². The van der Waals surface area contributed by atoms with Gasteiger partial charge in [-0.15, -0.1) is 0 Å². The van der Waals surface area contributed by atoms with Crippen LogP contribution >= 0.6 is 11.6 Å². The van der Waals surface area contributed by atoms with Gasteiger partial charge in [-0.05, 0) is 26.2 Å². The standard InChI is InChI=1S/C15H25ClN2O2/c1-3-10-18-13(12(16)11-17-18)14(19)15(20-4-2)8-6-5-7-9-15/h11,14,19H,3-10H2,1-2H3. The second-order valence-electron chi connectivity index (χ2n) is 5.56. The molecule has 0 aromatic carbocycles. The molecule has 1 aliphatic carbocycles. The van der Waals surface area contributed by atoms with Crippen LogP contribution < -0.4 is 0 Å². The molecular weight excluding hydrogens is 276 g/mol. The summed E-state index contributed by atoms with van der Waals surface area (Å²) in [7, 11) is 0. The van der Waals surface area contributed by atoms with E-state index in [2.05, 4.69) is 12.0 Å². The number of aliphatic hydroxyl groups excluding tert-OH is 1. The van der Waals surface area contributed by atoms with Gasteiger partial charge in [0.05, 0.1) is 22.5 Å². The molecule has 1 atom stereocenters. The van der Waals surface area contributed by atoms with Crippen molar-refractivity contribution in [2.24, 2.45) is 0 Å². The topological polar surface area (TPSA) is 47.3 Å². The molecule has 114 valence electrons. The average molecular weight is 301 g/mol. The molecule has 1 heterocycles. The van der Waals surface area contributed by atoms with Gasteiger partial charge < -0.3 is 9.84 Å². The van der Waals surface area contributed by atoms with E-state index >= 15 is 0 Å². The van der Waals surface area contributed by atoms with Gasteiger partial charge in [0.15, 0.2) is 0 Å². The number of hydrogen-bond donors (Lipinski definition) is 1. The summed E-state index contributed by atoms with van der Waals surface area (Å²) in [6, 6.07) is 0. The molecule has 1 aromatic heterocycles. The normalized spacial score (nSPS) is 20.0. The Kier molecular flexibility index (Phi) is 5.47. The number of aromatic nitrogens is 2. The molecular formula is C15H25ClN2O2. The number of ether oxygens (including phenoxy) is 1. The summed E-state index contributed by atoms with van der Waals surface area (Å²) >= 11 is 6.26. The van der Waals surface area contributed by atoms with Crippen molar-refractivity contribution in [3.8, 4) is 0 Å². The molecule has 0 aliphatic heterocycles. The van der Waals surface area contributed by atoms with E-state index in [1.54, 1.807) is 6.20 Å². The Labute approximate surface area is 126 Å². The summed E-state index contributed by atoms with van der Waals surface area (Å²) in [6.07, 6.45) is 7.05. The van der Waals surface area contributed by atoms with Gasteiger partial charge in [0.1, 0.15) is 6.10 Å². The Bertz CT molecular complexity index is 422. The fourth-order valence-corrected chi connectivity index (χ4v) is 3.46. The molecule has 1 unspecified atom stereocenters. The molecule has 1 saturated carbocycles. The maximum absolute atomic E-state index is 10.9. The molecule has 5 heteroatoms. The Morgan fingerprint density at radius 2 is 2.10 bits per heavy atom. The Morgan fingerprint density at radius 1 is 1.40 bits per heavy atom. The zero-order valence-electron chi connectivity index (χ0n) is 12.4. The number of aryl methyl sites for hydroxylation is 1. The third-order valence-electron chi connectivity index (χ3n) is 4.16. The fourth-order valence-electron chi connectivity index (χ4n) is 3.22. The average Bonchev–Trinajstić information content (AvgIpc) is 2.81. The van der Waals surface area contributed by atoms with Crippen molar-refractivity contribution in [1.82, 2.24) is 9.78 Å². The predicted molar refractivity (Wildman–Crippen MR) is 79.9 cm³/mol. The summed E-state index contributed by atoms with van der Waals surface area (Å²) in [5, 5.41) is 15.8. The maximum Gasteiger partial charge on any atom is 0.126 e. The zero-order valence-corrected chi connectivity index (χ0v) is 13.2. The third-order valence-corrected chi connectivity index (χ3v) is 4.45. The van der Waals surface area contributed by atoms with Gasteiger partial charge in [0.2, 0.25) is 0 Å². The highest BCUT2D eigenvalue weighted by Gasteiger charge is 2.43. The van der Waals surface area contributed by atoms with Crippen molar-refractivity contribution < 1.29 is 9.84 Å². The Morgan fingerprint density at radius 3 is 2.70 bits per heavy atom. The van der Waals surface area contributed by atoms with Gasteiger partial charge in [-0.3, -0.25) is 4.68 Å². The molecule has 1 aromatic rings. The molecule has 1 fully saturated rings. The SMILES string of the molecule is CCCn1ncc(Cl)c1C(O)C1(OCC)CCCCC1. The molecule has 0 spiro atoms. The molecule has 1 N–H and O–H groups in total. The largest absolute Gasteiger partial charge is 0.384 e. The minimum Gasteiger partial charge on any atom is -0.384 e. The Hall–Kier alpha value is -0.580. The molecule has 0 radical (unpaired) electrons. The van der Waals surface area contributed by atoms with Gasteiger partial charge in [-0.25, -0.2) is 0 Å². The zero-order chi connectivity index (χ0) is 14.6. The minimum atomic E-state index is -0.704. The van der Waals surface area contributed by atoms with Crippen molar-refractivity contribution in [3.63, 3.8) is 0 Å². The van der Waals surface area contributed by atoms with Gasteiger partial charge in [0, 0.05) is 13.2 Å². The van der Waals surface area contributed by atoms with Crippen molar-refractivity contribution in [3.05, 3.63) is 16.9 Å². The van der Waals surface area contributed by atoms with E-state index < -0.39 is 11.7 Å². The maximum atomic E-state index is 10.9. The molecule has 0 bridgehead atoms. The van der Waals surface area contributed by atoms with Crippen LogP contribution in [0.25, 0.3) is 0 Å². The van der Waals surface area contributed by atoms with E-state index in [4.69, 9.17) is 16.3 Å². The van der Waals surface area contributed by atoms with Crippen LogP contribution in [0.1, 0.15) is 64.2 Å². The van der Waals surface area contributed by atoms with Crippen molar-refractivity contribution >= 4 is 11.6 Å². The van der Waals surface area contributed by atoms with Crippen LogP contribution in [0, 0.1) is 0 Å². The second-order valence-corrected chi connectivity index (χ2v) is 5.97. The highest BCUT2D eigenvalue weighted by molar-refractivity contribution is 6.31. The second kappa shape index (κ2) is 6.92. The smallest absolute Gasteiger partial charge is 0.126 e. The van der Waals surface area contributed by atoms with E-state index in [1.807, 2.05) is 11.6 Å². The summed E-state index contributed by atoms with van der Waals surface area (Å²) in [5.74, 6) is 0. The lowest BCUT2D eigenvalue weighted by molar-refractivity contribution is -0.144. The summed E-state index contributed by atoms with van der Waals surface area (Å²) in [4.78, 5) is 0. The third kappa shape index (κ3) is 3.02. The minimum absolute atomic E-state index is 0.498. The molecule has 0 saturated heterocycles. The molecule has 2 rings (SSSR count).